The molecule has 7 unspecified atom stereocenters. The number of allylic oxidation sites excluding steroid dienone is 1. The average Bonchev–Trinajstić information content (AvgIpc) is 3.27. The summed E-state index contributed by atoms with van der Waals surface area (Å²) in [5.74, 6) is -0.174. The summed E-state index contributed by atoms with van der Waals surface area (Å²) < 4.78 is 11.2. The molecule has 9 nitrogen and oxygen atoms in total. The van der Waals surface area contributed by atoms with Crippen molar-refractivity contribution in [1.82, 2.24) is 5.32 Å². The normalized spacial score (nSPS) is 20.3. The summed E-state index contributed by atoms with van der Waals surface area (Å²) in [5, 5.41) is 54.3. The second kappa shape index (κ2) is 43.8. The Morgan fingerprint density at radius 1 is 0.532 bits per heavy atom. The Balaban J connectivity index is 2.19. The third-order valence-electron chi connectivity index (χ3n) is 13.1. The molecule has 0 saturated carbocycles. The van der Waals surface area contributed by atoms with Gasteiger partial charge in [0.05, 0.1) is 25.4 Å². The second-order valence-electron chi connectivity index (χ2n) is 19.0. The quantitative estimate of drug-likeness (QED) is 0.0261. The molecule has 1 fully saturated rings. The van der Waals surface area contributed by atoms with Gasteiger partial charge in [0, 0.05) is 6.42 Å². The molecule has 0 radical (unpaired) electrons. The lowest BCUT2D eigenvalue weighted by atomic mass is 9.99. The molecular formula is C53H103NO8. The summed E-state index contributed by atoms with van der Waals surface area (Å²) in [4.78, 5) is 13.0. The Labute approximate surface area is 382 Å². The fraction of sp³-hybridized carbons (Fsp3) is 0.943. The monoisotopic (exact) mass is 882 g/mol. The minimum absolute atomic E-state index is 0.174. The lowest BCUT2D eigenvalue weighted by Gasteiger charge is -2.40. The Bertz CT molecular complexity index is 981. The highest BCUT2D eigenvalue weighted by molar-refractivity contribution is 5.76. The predicted molar refractivity (Wildman–Crippen MR) is 258 cm³/mol. The van der Waals surface area contributed by atoms with Crippen LogP contribution in [-0.2, 0) is 14.3 Å². The summed E-state index contributed by atoms with van der Waals surface area (Å²) in [6, 6.07) is -0.799. The highest BCUT2D eigenvalue weighted by Gasteiger charge is 2.44. The fourth-order valence-corrected chi connectivity index (χ4v) is 8.81. The van der Waals surface area contributed by atoms with Crippen LogP contribution in [0.5, 0.6) is 0 Å². The molecule has 1 rings (SSSR count). The van der Waals surface area contributed by atoms with Gasteiger partial charge in [-0.3, -0.25) is 4.79 Å². The summed E-state index contributed by atoms with van der Waals surface area (Å²) >= 11 is 0. The van der Waals surface area contributed by atoms with Crippen molar-refractivity contribution >= 4 is 5.91 Å². The number of nitrogens with one attached hydrogen (secondary N) is 1. The van der Waals surface area contributed by atoms with Crippen LogP contribution in [0.3, 0.4) is 0 Å². The first-order valence-electron chi connectivity index (χ1n) is 26.9. The molecule has 1 amide bonds. The van der Waals surface area contributed by atoms with Gasteiger partial charge in [-0.05, 0) is 19.3 Å². The van der Waals surface area contributed by atoms with Crippen molar-refractivity contribution in [2.24, 2.45) is 0 Å². The van der Waals surface area contributed by atoms with Crippen LogP contribution in [0.4, 0.5) is 0 Å². The largest absolute Gasteiger partial charge is 0.394 e. The van der Waals surface area contributed by atoms with Crippen molar-refractivity contribution in [3.05, 3.63) is 12.2 Å². The van der Waals surface area contributed by atoms with E-state index in [1.54, 1.807) is 6.08 Å². The second-order valence-corrected chi connectivity index (χ2v) is 19.0. The van der Waals surface area contributed by atoms with Gasteiger partial charge in [-0.2, -0.15) is 0 Å². The van der Waals surface area contributed by atoms with E-state index in [0.717, 1.165) is 38.5 Å². The van der Waals surface area contributed by atoms with Crippen molar-refractivity contribution < 1.29 is 39.8 Å². The van der Waals surface area contributed by atoms with E-state index in [0.29, 0.717) is 6.42 Å². The van der Waals surface area contributed by atoms with Crippen molar-refractivity contribution in [1.29, 1.82) is 0 Å². The van der Waals surface area contributed by atoms with Gasteiger partial charge in [0.1, 0.15) is 24.4 Å². The minimum Gasteiger partial charge on any atom is -0.394 e. The van der Waals surface area contributed by atoms with Crippen LogP contribution in [0.1, 0.15) is 264 Å². The maximum atomic E-state index is 13.0. The third kappa shape index (κ3) is 33.4. The molecule has 7 atom stereocenters. The van der Waals surface area contributed by atoms with E-state index in [2.05, 4.69) is 19.2 Å². The Kier molecular flexibility index (Phi) is 41.6. The molecule has 368 valence electrons. The maximum Gasteiger partial charge on any atom is 0.220 e. The number of amides is 1. The molecule has 6 N–H and O–H groups in total. The van der Waals surface area contributed by atoms with E-state index in [-0.39, 0.29) is 12.5 Å². The van der Waals surface area contributed by atoms with E-state index in [1.807, 2.05) is 6.08 Å². The average molecular weight is 882 g/mol. The number of carbonyl (C=O) groups excluding carboxylic acids is 1. The van der Waals surface area contributed by atoms with Crippen LogP contribution in [0, 0.1) is 0 Å². The van der Waals surface area contributed by atoms with Crippen molar-refractivity contribution in [3.8, 4) is 0 Å². The van der Waals surface area contributed by atoms with Gasteiger partial charge in [0.25, 0.3) is 0 Å². The molecule has 1 saturated heterocycles. The lowest BCUT2D eigenvalue weighted by Crippen LogP contribution is -2.60. The van der Waals surface area contributed by atoms with Gasteiger partial charge in [-0.25, -0.2) is 0 Å². The molecule has 9 heteroatoms. The van der Waals surface area contributed by atoms with Crippen LogP contribution >= 0.6 is 0 Å². The van der Waals surface area contributed by atoms with Gasteiger partial charge in [-0.1, -0.05) is 251 Å². The van der Waals surface area contributed by atoms with Crippen LogP contribution in [0.2, 0.25) is 0 Å². The Morgan fingerprint density at radius 2 is 0.887 bits per heavy atom. The van der Waals surface area contributed by atoms with E-state index in [4.69, 9.17) is 9.47 Å². The molecule has 62 heavy (non-hydrogen) atoms. The van der Waals surface area contributed by atoms with Crippen molar-refractivity contribution in [2.75, 3.05) is 13.2 Å². The number of unbranched alkanes of at least 4 members (excludes halogenated alkanes) is 36. The van der Waals surface area contributed by atoms with E-state index < -0.39 is 49.5 Å². The van der Waals surface area contributed by atoms with Gasteiger partial charge >= 0.3 is 0 Å². The molecule has 0 spiro atoms. The fourth-order valence-electron chi connectivity index (χ4n) is 8.81. The molecular weight excluding hydrogens is 779 g/mol. The predicted octanol–water partition coefficient (Wildman–Crippen LogP) is 12.5. The van der Waals surface area contributed by atoms with E-state index >= 15 is 0 Å². The van der Waals surface area contributed by atoms with Gasteiger partial charge < -0.3 is 40.3 Å². The summed E-state index contributed by atoms with van der Waals surface area (Å²) in [7, 11) is 0. The number of rotatable bonds is 46. The summed E-state index contributed by atoms with van der Waals surface area (Å²) in [6.07, 6.45) is 45.7. The zero-order valence-electron chi connectivity index (χ0n) is 40.6. The van der Waals surface area contributed by atoms with Crippen molar-refractivity contribution in [3.63, 3.8) is 0 Å². The SMILES string of the molecule is CCCCCCCCCCCCCCCCCCCCCCCCCCC/C=C/C(O)C(COC1OC(CO)C(O)C(O)C1O)NC(=O)CCCCCCCCCCCCCC. The van der Waals surface area contributed by atoms with Crippen LogP contribution in [-0.4, -0.2) is 87.5 Å². The van der Waals surface area contributed by atoms with Crippen molar-refractivity contribution in [2.45, 2.75) is 307 Å². The molecule has 0 aromatic heterocycles. The zero-order chi connectivity index (χ0) is 45.1. The number of hydrogen-bond acceptors (Lipinski definition) is 8. The Hall–Kier alpha value is -1.07. The van der Waals surface area contributed by atoms with Crippen LogP contribution < -0.4 is 5.32 Å². The molecule has 1 heterocycles. The molecule has 0 aromatic carbocycles. The molecule has 0 aromatic rings. The van der Waals surface area contributed by atoms with Gasteiger partial charge in [-0.15, -0.1) is 0 Å². The first-order chi connectivity index (χ1) is 30.3. The molecule has 1 aliphatic rings. The number of aliphatic hydroxyl groups is 5. The lowest BCUT2D eigenvalue weighted by molar-refractivity contribution is -0.302. The first-order valence-corrected chi connectivity index (χ1v) is 26.9. The van der Waals surface area contributed by atoms with Gasteiger partial charge in [0.15, 0.2) is 6.29 Å². The van der Waals surface area contributed by atoms with E-state index in [1.165, 1.54) is 205 Å². The molecule has 0 aliphatic carbocycles. The maximum absolute atomic E-state index is 13.0. The van der Waals surface area contributed by atoms with Crippen LogP contribution in [0.15, 0.2) is 12.2 Å². The molecule has 1 aliphatic heterocycles. The number of aliphatic hydroxyl groups excluding tert-OH is 5. The van der Waals surface area contributed by atoms with E-state index in [9.17, 15) is 30.3 Å². The summed E-state index contributed by atoms with van der Waals surface area (Å²) in [5.41, 5.74) is 0. The smallest absolute Gasteiger partial charge is 0.220 e. The standard InChI is InChI=1S/C53H103NO8/c1-3-5-7-9-11-13-15-17-18-19-20-21-22-23-24-25-26-27-28-29-30-31-32-34-36-38-40-42-47(56)46(45-61-53-52(60)51(59)50(58)48(44-55)62-53)54-49(57)43-41-39-37-35-33-16-14-12-10-8-6-4-2/h40,42,46-48,50-53,55-56,58-60H,3-39,41,43-45H2,1-2H3,(H,54,57)/b42-40+. The number of hydrogen-bond donors (Lipinski definition) is 6. The number of ether oxygens (including phenoxy) is 2. The van der Waals surface area contributed by atoms with Crippen LogP contribution in [0.25, 0.3) is 0 Å². The minimum atomic E-state index is -1.56. The van der Waals surface area contributed by atoms with Gasteiger partial charge in [0.2, 0.25) is 5.91 Å². The first kappa shape index (κ1) is 58.9. The Morgan fingerprint density at radius 3 is 1.26 bits per heavy atom. The highest BCUT2D eigenvalue weighted by Crippen LogP contribution is 2.23. The number of carbonyl (C=O) groups is 1. The highest BCUT2D eigenvalue weighted by atomic mass is 16.7. The molecule has 0 bridgehead atoms. The summed E-state index contributed by atoms with van der Waals surface area (Å²) in [6.45, 7) is 3.79. The topological polar surface area (TPSA) is 149 Å². The zero-order valence-corrected chi connectivity index (χ0v) is 40.6. The third-order valence-corrected chi connectivity index (χ3v) is 13.1.